The Bertz CT molecular complexity index is 391. The Morgan fingerprint density at radius 3 is 3.06 bits per heavy atom. The van der Waals surface area contributed by atoms with Crippen molar-refractivity contribution < 1.29 is 9.53 Å². The van der Waals surface area contributed by atoms with Crippen molar-refractivity contribution in [3.05, 3.63) is 18.3 Å². The van der Waals surface area contributed by atoms with E-state index in [0.29, 0.717) is 17.6 Å². The Morgan fingerprint density at radius 1 is 1.69 bits per heavy atom. The second-order valence-corrected chi connectivity index (χ2v) is 3.93. The van der Waals surface area contributed by atoms with E-state index in [-0.39, 0.29) is 5.91 Å². The van der Waals surface area contributed by atoms with Crippen molar-refractivity contribution in [2.45, 2.75) is 31.9 Å². The van der Waals surface area contributed by atoms with Crippen LogP contribution in [0.4, 0.5) is 5.82 Å². The minimum atomic E-state index is -0.549. The van der Waals surface area contributed by atoms with Gasteiger partial charge in [-0.05, 0) is 31.9 Å². The molecule has 1 aliphatic rings. The number of hydrogen-bond donors (Lipinski definition) is 2. The maximum absolute atomic E-state index is 11.6. The number of carbonyl (C=O) groups excluding carboxylic acids is 1. The zero-order valence-corrected chi connectivity index (χ0v) is 9.14. The number of ether oxygens (including phenoxy) is 1. The maximum atomic E-state index is 11.6. The Morgan fingerprint density at radius 2 is 2.44 bits per heavy atom. The third-order valence-electron chi connectivity index (χ3n) is 2.40. The van der Waals surface area contributed by atoms with E-state index in [1.54, 1.807) is 25.3 Å². The fourth-order valence-electron chi connectivity index (χ4n) is 1.29. The van der Waals surface area contributed by atoms with Crippen LogP contribution in [-0.2, 0) is 4.79 Å². The molecule has 2 rings (SSSR count). The normalized spacial score (nSPS) is 16.6. The maximum Gasteiger partial charge on any atom is 0.260 e. The van der Waals surface area contributed by atoms with E-state index < -0.39 is 6.10 Å². The molecule has 5 heteroatoms. The average Bonchev–Trinajstić information content (AvgIpc) is 3.05. The quantitative estimate of drug-likeness (QED) is 0.785. The van der Waals surface area contributed by atoms with Crippen LogP contribution in [0.1, 0.15) is 19.8 Å². The number of aromatic nitrogens is 1. The molecule has 1 atom stereocenters. The number of nitrogen functional groups attached to an aromatic ring is 1. The molecule has 1 saturated carbocycles. The van der Waals surface area contributed by atoms with Gasteiger partial charge in [0.15, 0.2) is 17.7 Å². The summed E-state index contributed by atoms with van der Waals surface area (Å²) >= 11 is 0. The third-order valence-corrected chi connectivity index (χ3v) is 2.40. The van der Waals surface area contributed by atoms with Gasteiger partial charge in [0.2, 0.25) is 0 Å². The first-order valence-electron chi connectivity index (χ1n) is 5.34. The molecule has 0 saturated heterocycles. The second-order valence-electron chi connectivity index (χ2n) is 3.93. The summed E-state index contributed by atoms with van der Waals surface area (Å²) < 4.78 is 5.44. The van der Waals surface area contributed by atoms with E-state index >= 15 is 0 Å². The number of nitrogens with zero attached hydrogens (tertiary/aromatic N) is 1. The molecular formula is C11H15N3O2. The van der Waals surface area contributed by atoms with Crippen LogP contribution in [0.2, 0.25) is 0 Å². The summed E-state index contributed by atoms with van der Waals surface area (Å²) in [6, 6.07) is 3.75. The first kappa shape index (κ1) is 10.7. The minimum absolute atomic E-state index is 0.106. The second kappa shape index (κ2) is 4.38. The highest BCUT2D eigenvalue weighted by Crippen LogP contribution is 2.21. The molecule has 1 unspecified atom stereocenters. The van der Waals surface area contributed by atoms with Crippen molar-refractivity contribution in [1.82, 2.24) is 10.3 Å². The lowest BCUT2D eigenvalue weighted by molar-refractivity contribution is -0.127. The summed E-state index contributed by atoms with van der Waals surface area (Å²) in [6.45, 7) is 1.70. The molecule has 0 spiro atoms. The lowest BCUT2D eigenvalue weighted by Crippen LogP contribution is -2.37. The Labute approximate surface area is 94.0 Å². The molecule has 1 aromatic rings. The Kier molecular flexibility index (Phi) is 2.94. The van der Waals surface area contributed by atoms with E-state index in [4.69, 9.17) is 10.5 Å². The smallest absolute Gasteiger partial charge is 0.260 e. The average molecular weight is 221 g/mol. The fourth-order valence-corrected chi connectivity index (χ4v) is 1.29. The molecule has 3 N–H and O–H groups in total. The molecule has 0 radical (unpaired) electrons. The number of rotatable bonds is 4. The SMILES string of the molecule is CC(Oc1cccnc1N)C(=O)NC1CC1. The molecule has 86 valence electrons. The van der Waals surface area contributed by atoms with Crippen LogP contribution in [0.15, 0.2) is 18.3 Å². The summed E-state index contributed by atoms with van der Waals surface area (Å²) in [7, 11) is 0. The van der Waals surface area contributed by atoms with Crippen molar-refractivity contribution >= 4 is 11.7 Å². The van der Waals surface area contributed by atoms with Crippen molar-refractivity contribution in [3.8, 4) is 5.75 Å². The molecule has 1 heterocycles. The van der Waals surface area contributed by atoms with Crippen molar-refractivity contribution in [3.63, 3.8) is 0 Å². The highest BCUT2D eigenvalue weighted by Gasteiger charge is 2.26. The van der Waals surface area contributed by atoms with Gasteiger partial charge in [0.25, 0.3) is 5.91 Å². The first-order chi connectivity index (χ1) is 7.66. The molecule has 0 aliphatic heterocycles. The van der Waals surface area contributed by atoms with Gasteiger partial charge in [-0.1, -0.05) is 0 Å². The zero-order chi connectivity index (χ0) is 11.5. The van der Waals surface area contributed by atoms with Gasteiger partial charge >= 0.3 is 0 Å². The van der Waals surface area contributed by atoms with Gasteiger partial charge in [0, 0.05) is 12.2 Å². The predicted octanol–water partition coefficient (Wildman–Crippen LogP) is 0.710. The molecule has 1 amide bonds. The molecule has 0 bridgehead atoms. The fraction of sp³-hybridized carbons (Fsp3) is 0.455. The summed E-state index contributed by atoms with van der Waals surface area (Å²) in [6.07, 6.45) is 3.16. The molecule has 5 nitrogen and oxygen atoms in total. The van der Waals surface area contributed by atoms with E-state index in [0.717, 1.165) is 12.8 Å². The number of carbonyl (C=O) groups is 1. The van der Waals surface area contributed by atoms with Gasteiger partial charge in [-0.3, -0.25) is 4.79 Å². The summed E-state index contributed by atoms with van der Waals surface area (Å²) in [4.78, 5) is 15.5. The van der Waals surface area contributed by atoms with E-state index in [1.165, 1.54) is 0 Å². The Balaban J connectivity index is 1.92. The van der Waals surface area contributed by atoms with Crippen LogP contribution in [0.3, 0.4) is 0 Å². The molecular weight excluding hydrogens is 206 g/mol. The molecule has 1 aliphatic carbocycles. The lowest BCUT2D eigenvalue weighted by Gasteiger charge is -2.15. The van der Waals surface area contributed by atoms with Gasteiger partial charge in [-0.15, -0.1) is 0 Å². The number of amides is 1. The van der Waals surface area contributed by atoms with E-state index in [9.17, 15) is 4.79 Å². The highest BCUT2D eigenvalue weighted by molar-refractivity contribution is 5.81. The monoisotopic (exact) mass is 221 g/mol. The van der Waals surface area contributed by atoms with E-state index in [1.807, 2.05) is 0 Å². The van der Waals surface area contributed by atoms with Crippen molar-refractivity contribution in [2.75, 3.05) is 5.73 Å². The first-order valence-corrected chi connectivity index (χ1v) is 5.34. The Hall–Kier alpha value is -1.78. The van der Waals surface area contributed by atoms with Crippen molar-refractivity contribution in [2.24, 2.45) is 0 Å². The van der Waals surface area contributed by atoms with Crippen LogP contribution >= 0.6 is 0 Å². The molecule has 16 heavy (non-hydrogen) atoms. The number of anilines is 1. The zero-order valence-electron chi connectivity index (χ0n) is 9.14. The van der Waals surface area contributed by atoms with Crippen LogP contribution < -0.4 is 15.8 Å². The summed E-state index contributed by atoms with van der Waals surface area (Å²) in [5, 5.41) is 2.87. The molecule has 1 aromatic heterocycles. The summed E-state index contributed by atoms with van der Waals surface area (Å²) in [5.74, 6) is 0.639. The van der Waals surface area contributed by atoms with E-state index in [2.05, 4.69) is 10.3 Å². The topological polar surface area (TPSA) is 77.2 Å². The molecule has 0 aromatic carbocycles. The largest absolute Gasteiger partial charge is 0.477 e. The third kappa shape index (κ3) is 2.62. The van der Waals surface area contributed by atoms with Crippen molar-refractivity contribution in [1.29, 1.82) is 0 Å². The van der Waals surface area contributed by atoms with Gasteiger partial charge in [-0.2, -0.15) is 0 Å². The van der Waals surface area contributed by atoms with Crippen LogP contribution in [0.5, 0.6) is 5.75 Å². The van der Waals surface area contributed by atoms with Crippen LogP contribution in [0, 0.1) is 0 Å². The van der Waals surface area contributed by atoms with Gasteiger partial charge in [0.05, 0.1) is 0 Å². The predicted molar refractivity (Wildman–Crippen MR) is 59.9 cm³/mol. The number of nitrogens with two attached hydrogens (primary N) is 1. The lowest BCUT2D eigenvalue weighted by atomic mass is 10.3. The summed E-state index contributed by atoms with van der Waals surface area (Å²) in [5.41, 5.74) is 5.61. The number of hydrogen-bond acceptors (Lipinski definition) is 4. The van der Waals surface area contributed by atoms with Crippen LogP contribution in [-0.4, -0.2) is 23.0 Å². The van der Waals surface area contributed by atoms with Gasteiger partial charge in [-0.25, -0.2) is 4.98 Å². The van der Waals surface area contributed by atoms with Crippen LogP contribution in [0.25, 0.3) is 0 Å². The molecule has 1 fully saturated rings. The van der Waals surface area contributed by atoms with Gasteiger partial charge < -0.3 is 15.8 Å². The highest BCUT2D eigenvalue weighted by atomic mass is 16.5. The number of nitrogens with one attached hydrogen (secondary N) is 1. The number of pyridine rings is 1. The minimum Gasteiger partial charge on any atom is -0.477 e. The standard InChI is InChI=1S/C11H15N3O2/c1-7(11(15)14-8-4-5-8)16-9-3-2-6-13-10(9)12/h2-3,6-8H,4-5H2,1H3,(H2,12,13)(H,14,15). The van der Waals surface area contributed by atoms with Gasteiger partial charge in [0.1, 0.15) is 0 Å².